The smallest absolute Gasteiger partial charge is 0.110 e. The van der Waals surface area contributed by atoms with Crippen LogP contribution in [0.15, 0.2) is 29.6 Å². The molecule has 1 aliphatic rings. The summed E-state index contributed by atoms with van der Waals surface area (Å²) in [5.74, 6) is 0. The van der Waals surface area contributed by atoms with Gasteiger partial charge in [0.15, 0.2) is 0 Å². The SMILES string of the molecule is CN1CCC(n2cc(Cl)c3ccc(N=O)cc32)CC1. The molecule has 0 amide bonds. The van der Waals surface area contributed by atoms with Gasteiger partial charge in [-0.2, -0.15) is 0 Å². The molecule has 0 saturated carbocycles. The lowest BCUT2D eigenvalue weighted by atomic mass is 10.1. The van der Waals surface area contributed by atoms with Crippen molar-refractivity contribution in [1.82, 2.24) is 9.47 Å². The molecule has 1 fully saturated rings. The van der Waals surface area contributed by atoms with Gasteiger partial charge in [-0.25, -0.2) is 0 Å². The number of benzene rings is 1. The number of nitroso groups, excluding NO2 is 1. The molecule has 3 rings (SSSR count). The first kappa shape index (κ1) is 12.6. The largest absolute Gasteiger partial charge is 0.343 e. The van der Waals surface area contributed by atoms with Gasteiger partial charge in [-0.05, 0) is 56.4 Å². The number of halogens is 1. The van der Waals surface area contributed by atoms with Gasteiger partial charge in [-0.3, -0.25) is 0 Å². The Kier molecular flexibility index (Phi) is 3.29. The van der Waals surface area contributed by atoms with E-state index in [-0.39, 0.29) is 0 Å². The molecule has 0 atom stereocenters. The summed E-state index contributed by atoms with van der Waals surface area (Å²) in [5, 5.41) is 4.75. The number of nitrogens with zero attached hydrogens (tertiary/aromatic N) is 3. The number of rotatable bonds is 2. The van der Waals surface area contributed by atoms with Crippen molar-refractivity contribution in [3.8, 4) is 0 Å². The van der Waals surface area contributed by atoms with Crippen LogP contribution in [0.1, 0.15) is 18.9 Å². The predicted octanol–water partition coefficient (Wildman–Crippen LogP) is 3.96. The Hall–Kier alpha value is -1.39. The molecular weight excluding hydrogens is 262 g/mol. The van der Waals surface area contributed by atoms with Gasteiger partial charge in [-0.1, -0.05) is 11.6 Å². The Morgan fingerprint density at radius 1 is 1.32 bits per heavy atom. The minimum Gasteiger partial charge on any atom is -0.343 e. The number of aromatic nitrogens is 1. The maximum Gasteiger partial charge on any atom is 0.110 e. The number of fused-ring (bicyclic) bond motifs is 1. The van der Waals surface area contributed by atoms with Gasteiger partial charge in [0, 0.05) is 17.6 Å². The second-order valence-corrected chi connectivity index (χ2v) is 5.62. The summed E-state index contributed by atoms with van der Waals surface area (Å²) in [6.07, 6.45) is 4.20. The third kappa shape index (κ3) is 2.26. The van der Waals surface area contributed by atoms with Crippen molar-refractivity contribution in [2.75, 3.05) is 20.1 Å². The van der Waals surface area contributed by atoms with E-state index in [1.165, 1.54) is 0 Å². The number of hydrogen-bond donors (Lipinski definition) is 0. The molecule has 100 valence electrons. The predicted molar refractivity (Wildman–Crippen MR) is 78.2 cm³/mol. The first-order chi connectivity index (χ1) is 9.19. The van der Waals surface area contributed by atoms with Gasteiger partial charge in [0.25, 0.3) is 0 Å². The molecule has 1 aliphatic heterocycles. The number of piperidine rings is 1. The van der Waals surface area contributed by atoms with Crippen LogP contribution in [-0.2, 0) is 0 Å². The summed E-state index contributed by atoms with van der Waals surface area (Å²) >= 11 is 6.28. The van der Waals surface area contributed by atoms with E-state index in [9.17, 15) is 4.91 Å². The van der Waals surface area contributed by atoms with E-state index in [0.29, 0.717) is 11.7 Å². The van der Waals surface area contributed by atoms with Crippen LogP contribution in [0, 0.1) is 4.91 Å². The molecule has 19 heavy (non-hydrogen) atoms. The van der Waals surface area contributed by atoms with Crippen molar-refractivity contribution < 1.29 is 0 Å². The molecule has 0 spiro atoms. The lowest BCUT2D eigenvalue weighted by Crippen LogP contribution is -2.31. The second kappa shape index (κ2) is 4.94. The number of hydrogen-bond acceptors (Lipinski definition) is 3. The quantitative estimate of drug-likeness (QED) is 0.779. The Labute approximate surface area is 116 Å². The van der Waals surface area contributed by atoms with E-state index in [0.717, 1.165) is 41.9 Å². The van der Waals surface area contributed by atoms with Gasteiger partial charge < -0.3 is 9.47 Å². The Balaban J connectivity index is 2.05. The number of likely N-dealkylation sites (tertiary alicyclic amines) is 1. The lowest BCUT2D eigenvalue weighted by molar-refractivity contribution is 0.224. The maximum atomic E-state index is 10.7. The van der Waals surface area contributed by atoms with E-state index < -0.39 is 0 Å². The summed E-state index contributed by atoms with van der Waals surface area (Å²) in [4.78, 5) is 13.0. The van der Waals surface area contributed by atoms with E-state index in [1.807, 2.05) is 18.3 Å². The minimum atomic E-state index is 0.452. The monoisotopic (exact) mass is 277 g/mol. The Morgan fingerprint density at radius 2 is 2.05 bits per heavy atom. The molecule has 0 aliphatic carbocycles. The van der Waals surface area contributed by atoms with Crippen LogP contribution in [0.2, 0.25) is 5.02 Å². The first-order valence-electron chi connectivity index (χ1n) is 6.51. The summed E-state index contributed by atoms with van der Waals surface area (Å²) in [6, 6.07) is 5.86. The molecular formula is C14H16ClN3O. The molecule has 0 radical (unpaired) electrons. The fourth-order valence-electron chi connectivity index (χ4n) is 2.83. The highest BCUT2D eigenvalue weighted by molar-refractivity contribution is 6.35. The van der Waals surface area contributed by atoms with Gasteiger partial charge >= 0.3 is 0 Å². The van der Waals surface area contributed by atoms with Crippen molar-refractivity contribution in [2.45, 2.75) is 18.9 Å². The molecule has 1 saturated heterocycles. The highest BCUT2D eigenvalue weighted by Crippen LogP contribution is 2.34. The van der Waals surface area contributed by atoms with Crippen LogP contribution in [0.4, 0.5) is 5.69 Å². The van der Waals surface area contributed by atoms with Crippen molar-refractivity contribution in [2.24, 2.45) is 5.18 Å². The average molecular weight is 278 g/mol. The third-order valence-corrected chi connectivity index (χ3v) is 4.26. The third-order valence-electron chi connectivity index (χ3n) is 3.96. The van der Waals surface area contributed by atoms with E-state index in [2.05, 4.69) is 21.7 Å². The van der Waals surface area contributed by atoms with E-state index in [4.69, 9.17) is 11.6 Å². The van der Waals surface area contributed by atoms with E-state index in [1.54, 1.807) is 6.07 Å². The van der Waals surface area contributed by atoms with Crippen molar-refractivity contribution in [1.29, 1.82) is 0 Å². The van der Waals surface area contributed by atoms with Crippen molar-refractivity contribution in [3.05, 3.63) is 34.3 Å². The molecule has 1 aromatic heterocycles. The first-order valence-corrected chi connectivity index (χ1v) is 6.89. The molecule has 1 aromatic carbocycles. The Morgan fingerprint density at radius 3 is 2.74 bits per heavy atom. The fourth-order valence-corrected chi connectivity index (χ4v) is 3.09. The second-order valence-electron chi connectivity index (χ2n) is 5.21. The van der Waals surface area contributed by atoms with Gasteiger partial charge in [0.2, 0.25) is 0 Å². The maximum absolute atomic E-state index is 10.7. The van der Waals surface area contributed by atoms with Crippen LogP contribution in [0.25, 0.3) is 10.9 Å². The van der Waals surface area contributed by atoms with Crippen LogP contribution < -0.4 is 0 Å². The molecule has 0 bridgehead atoms. The zero-order valence-electron chi connectivity index (χ0n) is 10.8. The highest BCUT2D eigenvalue weighted by atomic mass is 35.5. The minimum absolute atomic E-state index is 0.452. The summed E-state index contributed by atoms with van der Waals surface area (Å²) in [6.45, 7) is 2.18. The molecule has 0 N–H and O–H groups in total. The van der Waals surface area contributed by atoms with Crippen molar-refractivity contribution >= 4 is 28.2 Å². The van der Waals surface area contributed by atoms with E-state index >= 15 is 0 Å². The van der Waals surface area contributed by atoms with Crippen LogP contribution in [-0.4, -0.2) is 29.6 Å². The van der Waals surface area contributed by atoms with Crippen LogP contribution in [0.5, 0.6) is 0 Å². The molecule has 4 nitrogen and oxygen atoms in total. The molecule has 5 heteroatoms. The lowest BCUT2D eigenvalue weighted by Gasteiger charge is -2.30. The topological polar surface area (TPSA) is 37.6 Å². The zero-order valence-corrected chi connectivity index (χ0v) is 11.6. The molecule has 0 unspecified atom stereocenters. The average Bonchev–Trinajstić information content (AvgIpc) is 2.76. The molecule has 2 aromatic rings. The van der Waals surface area contributed by atoms with Gasteiger partial charge in [0.1, 0.15) is 5.69 Å². The summed E-state index contributed by atoms with van der Waals surface area (Å²) in [7, 11) is 2.14. The van der Waals surface area contributed by atoms with Crippen molar-refractivity contribution in [3.63, 3.8) is 0 Å². The normalized spacial score (nSPS) is 18.0. The summed E-state index contributed by atoms with van der Waals surface area (Å²) < 4.78 is 2.21. The fraction of sp³-hybridized carbons (Fsp3) is 0.429. The Bertz CT molecular complexity index is 614. The highest BCUT2D eigenvalue weighted by Gasteiger charge is 2.20. The zero-order chi connectivity index (χ0) is 13.4. The van der Waals surface area contributed by atoms with Crippen LogP contribution in [0.3, 0.4) is 0 Å². The van der Waals surface area contributed by atoms with Gasteiger partial charge in [-0.15, -0.1) is 4.91 Å². The van der Waals surface area contributed by atoms with Crippen LogP contribution >= 0.6 is 11.6 Å². The molecule has 2 heterocycles. The van der Waals surface area contributed by atoms with Gasteiger partial charge in [0.05, 0.1) is 10.5 Å². The standard InChI is InChI=1S/C14H16ClN3O/c1-17-6-4-11(5-7-17)18-9-13(15)12-3-2-10(16-19)8-14(12)18/h2-3,8-9,11H,4-7H2,1H3. The summed E-state index contributed by atoms with van der Waals surface area (Å²) in [5.41, 5.74) is 1.47.